The van der Waals surface area contributed by atoms with Crippen LogP contribution < -0.4 is 14.9 Å². The van der Waals surface area contributed by atoms with E-state index in [0.717, 1.165) is 6.07 Å². The minimum Gasteiger partial charge on any atom is -0.550 e. The van der Waals surface area contributed by atoms with Crippen molar-refractivity contribution in [1.82, 2.24) is 4.72 Å². The van der Waals surface area contributed by atoms with Crippen molar-refractivity contribution in [2.24, 2.45) is 0 Å². The van der Waals surface area contributed by atoms with Crippen LogP contribution in [0, 0.1) is 0 Å². The number of rotatable bonds is 9. The second-order valence-electron chi connectivity index (χ2n) is 4.40. The maximum absolute atomic E-state index is 11.9. The number of sulfonamides is 1. The maximum atomic E-state index is 11.9. The van der Waals surface area contributed by atoms with Gasteiger partial charge < -0.3 is 19.8 Å². The largest absolute Gasteiger partial charge is 0.550 e. The molecule has 0 aliphatic heterocycles. The summed E-state index contributed by atoms with van der Waals surface area (Å²) in [5.41, 5.74) is -0.216. The number of aromatic carboxylic acids is 1. The number of hydrogen-bond donors (Lipinski definition) is 1. The van der Waals surface area contributed by atoms with Crippen LogP contribution >= 0.6 is 0 Å². The molecule has 1 aromatic rings. The third-order valence-corrected chi connectivity index (χ3v) is 4.19. The van der Waals surface area contributed by atoms with Gasteiger partial charge in [0, 0.05) is 12.5 Å². The van der Waals surface area contributed by atoms with E-state index in [9.17, 15) is 28.2 Å². The summed E-state index contributed by atoms with van der Waals surface area (Å²) in [6, 6.07) is 4.87. The van der Waals surface area contributed by atoms with Crippen molar-refractivity contribution < 1.29 is 28.2 Å². The van der Waals surface area contributed by atoms with Crippen LogP contribution in [0.5, 0.6) is 0 Å². The van der Waals surface area contributed by atoms with Crippen LogP contribution in [0.4, 0.5) is 0 Å². The average Bonchev–Trinajstić information content (AvgIpc) is 2.42. The van der Waals surface area contributed by atoms with Gasteiger partial charge in [0.15, 0.2) is 0 Å². The van der Waals surface area contributed by atoms with E-state index in [1.54, 1.807) is 0 Å². The van der Waals surface area contributed by atoms with Crippen LogP contribution in [-0.4, -0.2) is 26.9 Å². The van der Waals surface area contributed by atoms with E-state index in [1.165, 1.54) is 18.2 Å². The highest BCUT2D eigenvalue weighted by atomic mass is 32.2. The molecule has 0 fully saturated rings. The lowest BCUT2D eigenvalue weighted by molar-refractivity contribution is -0.305. The molecule has 7 nitrogen and oxygen atoms in total. The first kappa shape index (κ1) is 17.1. The number of carbonyl (C=O) groups excluding carboxylic acids is 2. The van der Waals surface area contributed by atoms with Crippen molar-refractivity contribution in [1.29, 1.82) is 0 Å². The number of unbranched alkanes of at least 4 members (excludes halogenated alkanes) is 2. The van der Waals surface area contributed by atoms with Gasteiger partial charge in [-0.1, -0.05) is 18.6 Å². The lowest BCUT2D eigenvalue weighted by Gasteiger charge is -2.09. The Morgan fingerprint density at radius 2 is 1.81 bits per heavy atom. The summed E-state index contributed by atoms with van der Waals surface area (Å²) in [6.45, 7) is 0.144. The van der Waals surface area contributed by atoms with Gasteiger partial charge in [0.1, 0.15) is 0 Å². The minimum atomic E-state index is -3.79. The quantitative estimate of drug-likeness (QED) is 0.561. The number of carboxylic acid groups (broad SMARTS) is 2. The summed E-state index contributed by atoms with van der Waals surface area (Å²) in [7, 11) is -3.79. The molecular weight excluding hydrogens is 298 g/mol. The van der Waals surface area contributed by atoms with Gasteiger partial charge >= 0.3 is 0 Å². The Morgan fingerprint density at radius 1 is 1.10 bits per heavy atom. The topological polar surface area (TPSA) is 126 Å². The van der Waals surface area contributed by atoms with Gasteiger partial charge in [0.25, 0.3) is 0 Å². The first-order valence-electron chi connectivity index (χ1n) is 6.34. The van der Waals surface area contributed by atoms with Gasteiger partial charge in [-0.2, -0.15) is 0 Å². The standard InChI is InChI=1S/C13H17NO6S/c15-12(16)7-2-1-3-8-14-21(19,20)11-6-4-5-10(9-11)13(17)18/h4-6,9,14H,1-3,7-8H2,(H,15,16)(H,17,18)/p-2. The van der Waals surface area contributed by atoms with Crippen LogP contribution in [0.25, 0.3) is 0 Å². The van der Waals surface area contributed by atoms with Crippen molar-refractivity contribution >= 4 is 22.0 Å². The second kappa shape index (κ2) is 7.75. The zero-order valence-electron chi connectivity index (χ0n) is 11.2. The molecule has 116 valence electrons. The Bertz CT molecular complexity index is 611. The fourth-order valence-electron chi connectivity index (χ4n) is 1.65. The summed E-state index contributed by atoms with van der Waals surface area (Å²) in [5.74, 6) is -2.58. The highest BCUT2D eigenvalue weighted by molar-refractivity contribution is 7.89. The van der Waals surface area contributed by atoms with Crippen LogP contribution in [-0.2, 0) is 14.8 Å². The van der Waals surface area contributed by atoms with Crippen molar-refractivity contribution in [3.63, 3.8) is 0 Å². The van der Waals surface area contributed by atoms with Crippen LogP contribution in [0.2, 0.25) is 0 Å². The third-order valence-electron chi connectivity index (χ3n) is 2.73. The van der Waals surface area contributed by atoms with E-state index in [2.05, 4.69) is 4.72 Å². The number of aliphatic carboxylic acids is 1. The second-order valence-corrected chi connectivity index (χ2v) is 6.16. The molecule has 0 spiro atoms. The summed E-state index contributed by atoms with van der Waals surface area (Å²) < 4.78 is 26.2. The van der Waals surface area contributed by atoms with Gasteiger partial charge in [-0.15, -0.1) is 0 Å². The van der Waals surface area contributed by atoms with E-state index < -0.39 is 22.0 Å². The first-order valence-corrected chi connectivity index (χ1v) is 7.82. The molecule has 0 aliphatic rings. The molecule has 0 saturated heterocycles. The molecule has 0 heterocycles. The number of nitrogens with one attached hydrogen (secondary N) is 1. The summed E-state index contributed by atoms with van der Waals surface area (Å²) in [5, 5.41) is 20.9. The normalized spacial score (nSPS) is 11.2. The Kier molecular flexibility index (Phi) is 6.32. The molecule has 0 amide bonds. The molecule has 0 atom stereocenters. The summed E-state index contributed by atoms with van der Waals surface area (Å²) >= 11 is 0. The molecule has 1 N–H and O–H groups in total. The molecule has 0 radical (unpaired) electrons. The lowest BCUT2D eigenvalue weighted by atomic mass is 10.2. The van der Waals surface area contributed by atoms with Crippen molar-refractivity contribution in [3.8, 4) is 0 Å². The predicted octanol–water partition coefficient (Wildman–Crippen LogP) is -1.36. The zero-order valence-corrected chi connectivity index (χ0v) is 12.0. The van der Waals surface area contributed by atoms with Crippen LogP contribution in [0.3, 0.4) is 0 Å². The fraction of sp³-hybridized carbons (Fsp3) is 0.385. The number of benzene rings is 1. The van der Waals surface area contributed by atoms with Gasteiger partial charge in [-0.05, 0) is 37.0 Å². The molecule has 0 aliphatic carbocycles. The average molecular weight is 313 g/mol. The van der Waals surface area contributed by atoms with E-state index in [0.29, 0.717) is 19.3 Å². The predicted molar refractivity (Wildman–Crippen MR) is 69.4 cm³/mol. The van der Waals surface area contributed by atoms with Crippen molar-refractivity contribution in [2.45, 2.75) is 30.6 Å². The summed E-state index contributed by atoms with van der Waals surface area (Å²) in [4.78, 5) is 20.7. The van der Waals surface area contributed by atoms with Crippen molar-refractivity contribution in [2.75, 3.05) is 6.54 Å². The van der Waals surface area contributed by atoms with Gasteiger partial charge in [-0.3, -0.25) is 0 Å². The van der Waals surface area contributed by atoms with Crippen LogP contribution in [0.1, 0.15) is 36.0 Å². The summed E-state index contributed by atoms with van der Waals surface area (Å²) in [6.07, 6.45) is 1.40. The number of hydrogen-bond acceptors (Lipinski definition) is 6. The molecule has 0 unspecified atom stereocenters. The molecule has 8 heteroatoms. The molecular formula is C13H15NO6S-2. The molecule has 0 bridgehead atoms. The Balaban J connectivity index is 2.52. The zero-order chi connectivity index (χ0) is 15.9. The van der Waals surface area contributed by atoms with E-state index in [-0.39, 0.29) is 23.4 Å². The molecule has 0 saturated carbocycles. The highest BCUT2D eigenvalue weighted by Gasteiger charge is 2.13. The van der Waals surface area contributed by atoms with Gasteiger partial charge in [-0.25, -0.2) is 13.1 Å². The Morgan fingerprint density at radius 3 is 2.43 bits per heavy atom. The SMILES string of the molecule is O=C([O-])CCCCCNS(=O)(=O)c1cccc(C(=O)[O-])c1. The number of carboxylic acids is 2. The molecule has 0 aromatic heterocycles. The molecule has 1 rings (SSSR count). The van der Waals surface area contributed by atoms with Gasteiger partial charge in [0.2, 0.25) is 10.0 Å². The van der Waals surface area contributed by atoms with Crippen molar-refractivity contribution in [3.05, 3.63) is 29.8 Å². The van der Waals surface area contributed by atoms with E-state index in [4.69, 9.17) is 0 Å². The highest BCUT2D eigenvalue weighted by Crippen LogP contribution is 2.11. The van der Waals surface area contributed by atoms with E-state index in [1.807, 2.05) is 0 Å². The lowest BCUT2D eigenvalue weighted by Crippen LogP contribution is -2.26. The smallest absolute Gasteiger partial charge is 0.240 e. The molecule has 1 aromatic carbocycles. The molecule has 21 heavy (non-hydrogen) atoms. The van der Waals surface area contributed by atoms with Gasteiger partial charge in [0.05, 0.1) is 10.9 Å². The Hall–Kier alpha value is -1.93. The van der Waals surface area contributed by atoms with E-state index >= 15 is 0 Å². The monoisotopic (exact) mass is 313 g/mol. The maximum Gasteiger partial charge on any atom is 0.240 e. The third kappa shape index (κ3) is 5.92. The first-order chi connectivity index (χ1) is 9.83. The van der Waals surface area contributed by atoms with Crippen LogP contribution in [0.15, 0.2) is 29.2 Å². The number of carbonyl (C=O) groups is 2. The Labute approximate surface area is 122 Å². The minimum absolute atomic E-state index is 0.0552. The fourth-order valence-corrected chi connectivity index (χ4v) is 2.77.